The second-order valence-electron chi connectivity index (χ2n) is 7.00. The minimum Gasteiger partial charge on any atom is -0.352 e. The monoisotopic (exact) mass is 413 g/mol. The first-order valence-corrected chi connectivity index (χ1v) is 10.1. The van der Waals surface area contributed by atoms with Crippen molar-refractivity contribution in [3.05, 3.63) is 74.4 Å². The highest BCUT2D eigenvalue weighted by atomic mass is 35.5. The molecule has 0 saturated carbocycles. The van der Waals surface area contributed by atoms with Gasteiger partial charge in [-0.05, 0) is 44.0 Å². The first-order valence-electron chi connectivity index (χ1n) is 9.72. The fraction of sp³-hybridized carbons (Fsp3) is 0.318. The second-order valence-corrected chi connectivity index (χ2v) is 7.41. The lowest BCUT2D eigenvalue weighted by Gasteiger charge is -2.23. The summed E-state index contributed by atoms with van der Waals surface area (Å²) in [7, 11) is 0. The van der Waals surface area contributed by atoms with Crippen LogP contribution < -0.4 is 16.6 Å². The van der Waals surface area contributed by atoms with Gasteiger partial charge in [-0.15, -0.1) is 0 Å². The molecule has 0 aliphatic carbocycles. The summed E-state index contributed by atoms with van der Waals surface area (Å²) in [6.45, 7) is 5.73. The highest BCUT2D eigenvalue weighted by Crippen LogP contribution is 2.21. The predicted molar refractivity (Wildman–Crippen MR) is 116 cm³/mol. The summed E-state index contributed by atoms with van der Waals surface area (Å²) in [5, 5.41) is 3.58. The zero-order valence-electron chi connectivity index (χ0n) is 16.7. The van der Waals surface area contributed by atoms with E-state index in [1.807, 2.05) is 20.8 Å². The Labute approximate surface area is 173 Å². The molecule has 0 fully saturated rings. The maximum atomic E-state index is 13.5. The van der Waals surface area contributed by atoms with Crippen LogP contribution in [0.3, 0.4) is 0 Å². The molecule has 0 aliphatic heterocycles. The van der Waals surface area contributed by atoms with Crippen LogP contribution in [0.15, 0.2) is 58.1 Å². The number of hydrogen-bond acceptors (Lipinski definition) is 3. The van der Waals surface area contributed by atoms with Crippen LogP contribution in [0.25, 0.3) is 16.6 Å². The third-order valence-corrected chi connectivity index (χ3v) is 5.41. The lowest BCUT2D eigenvalue weighted by atomic mass is 10.1. The summed E-state index contributed by atoms with van der Waals surface area (Å²) in [5.74, 6) is -0.251. The van der Waals surface area contributed by atoms with Crippen molar-refractivity contribution in [2.75, 3.05) is 0 Å². The summed E-state index contributed by atoms with van der Waals surface area (Å²) >= 11 is 6.28. The molecule has 7 heteroatoms. The zero-order chi connectivity index (χ0) is 21.1. The predicted octanol–water partition coefficient (Wildman–Crippen LogP) is 3.67. The molecule has 2 aromatic carbocycles. The van der Waals surface area contributed by atoms with Gasteiger partial charge >= 0.3 is 5.69 Å². The lowest BCUT2D eigenvalue weighted by Crippen LogP contribution is -2.45. The number of nitrogens with zero attached hydrogens (tertiary/aromatic N) is 2. The summed E-state index contributed by atoms with van der Waals surface area (Å²) in [5.41, 5.74) is -0.335. The van der Waals surface area contributed by atoms with Gasteiger partial charge < -0.3 is 5.32 Å². The minimum absolute atomic E-state index is 0.0204. The molecule has 0 radical (unpaired) electrons. The molecule has 29 heavy (non-hydrogen) atoms. The van der Waals surface area contributed by atoms with Crippen molar-refractivity contribution in [2.45, 2.75) is 45.7 Å². The number of carbonyl (C=O) groups excluding carboxylic acids is 1. The Balaban J connectivity index is 2.35. The molecule has 1 amide bonds. The Morgan fingerprint density at radius 1 is 1.03 bits per heavy atom. The Kier molecular flexibility index (Phi) is 6.23. The van der Waals surface area contributed by atoms with Crippen molar-refractivity contribution in [2.24, 2.45) is 0 Å². The highest BCUT2D eigenvalue weighted by Gasteiger charge is 2.26. The maximum Gasteiger partial charge on any atom is 0.336 e. The van der Waals surface area contributed by atoms with Crippen molar-refractivity contribution in [1.82, 2.24) is 14.5 Å². The normalized spacial score (nSPS) is 13.2. The highest BCUT2D eigenvalue weighted by molar-refractivity contribution is 6.32. The van der Waals surface area contributed by atoms with E-state index >= 15 is 0 Å². The number of aromatic nitrogens is 2. The van der Waals surface area contributed by atoms with Crippen molar-refractivity contribution < 1.29 is 4.79 Å². The standard InChI is InChI=1S/C22H24ClN3O3/c1-4-14(3)24-20(27)17(5-2)25-18-12-8-6-10-15(18)21(28)26(22(25)29)19-13-9-7-11-16(19)23/h6-14,17H,4-5H2,1-3H3,(H,24,27)/t14-,17-/m0/s1. The molecule has 0 spiro atoms. The van der Waals surface area contributed by atoms with Crippen LogP contribution in [0.1, 0.15) is 39.7 Å². The first-order chi connectivity index (χ1) is 13.9. The average molecular weight is 414 g/mol. The van der Waals surface area contributed by atoms with E-state index in [0.717, 1.165) is 11.0 Å². The molecule has 2 atom stereocenters. The number of fused-ring (bicyclic) bond motifs is 1. The summed E-state index contributed by atoms with van der Waals surface area (Å²) < 4.78 is 2.45. The van der Waals surface area contributed by atoms with E-state index < -0.39 is 17.3 Å². The number of halogens is 1. The van der Waals surface area contributed by atoms with E-state index in [9.17, 15) is 14.4 Å². The topological polar surface area (TPSA) is 73.1 Å². The number of para-hydroxylation sites is 2. The molecule has 0 aliphatic rings. The molecule has 152 valence electrons. The lowest BCUT2D eigenvalue weighted by molar-refractivity contribution is -0.125. The van der Waals surface area contributed by atoms with Crippen LogP contribution in [0.4, 0.5) is 0 Å². The molecule has 6 nitrogen and oxygen atoms in total. The van der Waals surface area contributed by atoms with Gasteiger partial charge in [-0.3, -0.25) is 14.2 Å². The Hall–Kier alpha value is -2.86. The summed E-state index contributed by atoms with van der Waals surface area (Å²) in [6.07, 6.45) is 1.17. The van der Waals surface area contributed by atoms with E-state index in [1.165, 1.54) is 4.57 Å². The Morgan fingerprint density at radius 3 is 2.34 bits per heavy atom. The number of nitrogens with one attached hydrogen (secondary N) is 1. The number of benzene rings is 2. The minimum atomic E-state index is -0.754. The van der Waals surface area contributed by atoms with Crippen LogP contribution in [0.5, 0.6) is 0 Å². The number of hydrogen-bond donors (Lipinski definition) is 1. The molecule has 1 heterocycles. The van der Waals surface area contributed by atoms with Crippen LogP contribution >= 0.6 is 11.6 Å². The summed E-state index contributed by atoms with van der Waals surface area (Å²) in [4.78, 5) is 39.6. The van der Waals surface area contributed by atoms with Gasteiger partial charge in [0.25, 0.3) is 5.56 Å². The smallest absolute Gasteiger partial charge is 0.336 e. The SMILES string of the molecule is CC[C@H](C)NC(=O)[C@H](CC)n1c(=O)n(-c2ccccc2Cl)c(=O)c2ccccc21. The van der Waals surface area contributed by atoms with Crippen molar-refractivity contribution in [3.63, 3.8) is 0 Å². The quantitative estimate of drug-likeness (QED) is 0.670. The van der Waals surface area contributed by atoms with Gasteiger partial charge in [0.2, 0.25) is 5.91 Å². The van der Waals surface area contributed by atoms with Gasteiger partial charge in [0, 0.05) is 6.04 Å². The number of carbonyl (C=O) groups is 1. The van der Waals surface area contributed by atoms with Crippen LogP contribution in [-0.4, -0.2) is 21.1 Å². The molecule has 0 saturated heterocycles. The van der Waals surface area contributed by atoms with Gasteiger partial charge in [0.1, 0.15) is 6.04 Å². The third kappa shape index (κ3) is 3.85. The molecular formula is C22H24ClN3O3. The van der Waals surface area contributed by atoms with Gasteiger partial charge in [-0.25, -0.2) is 9.36 Å². The number of rotatable bonds is 6. The van der Waals surface area contributed by atoms with Crippen LogP contribution in [0.2, 0.25) is 5.02 Å². The third-order valence-electron chi connectivity index (χ3n) is 5.09. The molecule has 0 unspecified atom stereocenters. The summed E-state index contributed by atoms with van der Waals surface area (Å²) in [6, 6.07) is 12.7. The zero-order valence-corrected chi connectivity index (χ0v) is 17.4. The van der Waals surface area contributed by atoms with Crippen LogP contribution in [0, 0.1) is 0 Å². The van der Waals surface area contributed by atoms with Gasteiger partial charge in [0.15, 0.2) is 0 Å². The van der Waals surface area contributed by atoms with E-state index in [-0.39, 0.29) is 17.0 Å². The van der Waals surface area contributed by atoms with Crippen molar-refractivity contribution in [1.29, 1.82) is 0 Å². The second kappa shape index (κ2) is 8.66. The van der Waals surface area contributed by atoms with Crippen LogP contribution in [-0.2, 0) is 4.79 Å². The molecule has 3 aromatic rings. The van der Waals surface area contributed by atoms with E-state index in [2.05, 4.69) is 5.32 Å². The molecule has 1 aromatic heterocycles. The largest absolute Gasteiger partial charge is 0.352 e. The Bertz CT molecular complexity index is 1170. The maximum absolute atomic E-state index is 13.5. The molecule has 1 N–H and O–H groups in total. The Morgan fingerprint density at radius 2 is 1.69 bits per heavy atom. The van der Waals surface area contributed by atoms with E-state index in [4.69, 9.17) is 11.6 Å². The fourth-order valence-electron chi connectivity index (χ4n) is 3.36. The first kappa shape index (κ1) is 20.9. The van der Waals surface area contributed by atoms with Crippen molar-refractivity contribution >= 4 is 28.4 Å². The van der Waals surface area contributed by atoms with Gasteiger partial charge in [-0.1, -0.05) is 49.7 Å². The molecule has 3 rings (SSSR count). The molecule has 0 bridgehead atoms. The van der Waals surface area contributed by atoms with E-state index in [0.29, 0.717) is 23.0 Å². The van der Waals surface area contributed by atoms with Crippen molar-refractivity contribution in [3.8, 4) is 5.69 Å². The van der Waals surface area contributed by atoms with Gasteiger partial charge in [-0.2, -0.15) is 0 Å². The average Bonchev–Trinajstić information content (AvgIpc) is 2.72. The molecular weight excluding hydrogens is 390 g/mol. The van der Waals surface area contributed by atoms with E-state index in [1.54, 1.807) is 48.5 Å². The fourth-order valence-corrected chi connectivity index (χ4v) is 3.58. The number of amides is 1. The van der Waals surface area contributed by atoms with Gasteiger partial charge in [0.05, 0.1) is 21.6 Å².